The Morgan fingerprint density at radius 2 is 1.96 bits per heavy atom. The number of carbonyl (C=O) groups excluding carboxylic acids is 2. The average molecular weight is 379 g/mol. The Balaban J connectivity index is 2.20. The number of methoxy groups -OCH3 is 1. The Bertz CT molecular complexity index is 788. The minimum absolute atomic E-state index is 0.112. The Labute approximate surface area is 143 Å². The van der Waals surface area contributed by atoms with Gasteiger partial charge in [0.05, 0.1) is 12.7 Å². The number of aromatic nitrogens is 2. The van der Waals surface area contributed by atoms with Gasteiger partial charge in [0.15, 0.2) is 0 Å². The van der Waals surface area contributed by atoms with Gasteiger partial charge in [-0.3, -0.25) is 9.48 Å². The molecule has 1 amide bonds. The molecule has 0 unspecified atom stereocenters. The quantitative estimate of drug-likeness (QED) is 0.615. The molecule has 6 nitrogen and oxygen atoms in total. The third-order valence-corrected chi connectivity index (χ3v) is 4.05. The maximum absolute atomic E-state index is 12.9. The fourth-order valence-corrected chi connectivity index (χ4v) is 2.95. The standard InChI is InChI=1S/C14H13F4N3O3S/c1-6-3-7(14(23)24-2)13(25-6)19-10(22)5-21-9(12(17)18)4-8(20-21)11(15)16/h3-4,11-12H,5H2,1-2H3,(H,19,22). The number of alkyl halides is 4. The molecule has 2 aromatic heterocycles. The topological polar surface area (TPSA) is 73.2 Å². The van der Waals surface area contributed by atoms with Crippen LogP contribution in [-0.2, 0) is 16.1 Å². The Morgan fingerprint density at radius 1 is 1.28 bits per heavy atom. The normalized spacial score (nSPS) is 11.2. The van der Waals surface area contributed by atoms with E-state index in [0.717, 1.165) is 11.3 Å². The number of carbonyl (C=O) groups is 2. The molecule has 0 aliphatic rings. The van der Waals surface area contributed by atoms with Crippen LogP contribution in [0.4, 0.5) is 22.6 Å². The highest BCUT2D eigenvalue weighted by atomic mass is 32.1. The van der Waals surface area contributed by atoms with Gasteiger partial charge in [-0.05, 0) is 19.1 Å². The molecule has 0 saturated heterocycles. The van der Waals surface area contributed by atoms with E-state index < -0.39 is 42.7 Å². The van der Waals surface area contributed by atoms with Crippen LogP contribution in [0.25, 0.3) is 0 Å². The van der Waals surface area contributed by atoms with Crippen LogP contribution in [-0.4, -0.2) is 28.8 Å². The number of amides is 1. The zero-order valence-electron chi connectivity index (χ0n) is 13.1. The first-order valence-corrected chi connectivity index (χ1v) is 7.67. The van der Waals surface area contributed by atoms with E-state index in [0.29, 0.717) is 15.6 Å². The summed E-state index contributed by atoms with van der Waals surface area (Å²) in [5.74, 6) is -1.47. The molecule has 0 saturated carbocycles. The molecule has 2 rings (SSSR count). The van der Waals surface area contributed by atoms with Gasteiger partial charge in [0, 0.05) is 4.88 Å². The predicted molar refractivity (Wildman–Crippen MR) is 81.2 cm³/mol. The van der Waals surface area contributed by atoms with Gasteiger partial charge in [0.25, 0.3) is 12.9 Å². The summed E-state index contributed by atoms with van der Waals surface area (Å²) in [5.41, 5.74) is -1.52. The van der Waals surface area contributed by atoms with E-state index in [9.17, 15) is 27.2 Å². The van der Waals surface area contributed by atoms with Gasteiger partial charge in [0.1, 0.15) is 22.9 Å². The molecule has 1 N–H and O–H groups in total. The largest absolute Gasteiger partial charge is 0.465 e. The van der Waals surface area contributed by atoms with Crippen LogP contribution in [0.2, 0.25) is 0 Å². The predicted octanol–water partition coefficient (Wildman–Crippen LogP) is 3.55. The lowest BCUT2D eigenvalue weighted by Gasteiger charge is -2.08. The maximum Gasteiger partial charge on any atom is 0.340 e. The van der Waals surface area contributed by atoms with Crippen molar-refractivity contribution in [3.05, 3.63) is 34.0 Å². The lowest BCUT2D eigenvalue weighted by Crippen LogP contribution is -2.21. The highest BCUT2D eigenvalue weighted by molar-refractivity contribution is 7.16. The van der Waals surface area contributed by atoms with E-state index in [4.69, 9.17) is 0 Å². The summed E-state index contributed by atoms with van der Waals surface area (Å²) in [4.78, 5) is 24.4. The van der Waals surface area contributed by atoms with Crippen LogP contribution >= 0.6 is 11.3 Å². The first-order chi connectivity index (χ1) is 11.7. The highest BCUT2D eigenvalue weighted by Gasteiger charge is 2.23. The maximum atomic E-state index is 12.9. The summed E-state index contributed by atoms with van der Waals surface area (Å²) in [6.45, 7) is 0.994. The first kappa shape index (κ1) is 18.9. The second-order valence-corrected chi connectivity index (χ2v) is 6.15. The molecule has 0 fully saturated rings. The molecule has 25 heavy (non-hydrogen) atoms. The van der Waals surface area contributed by atoms with Crippen molar-refractivity contribution in [2.75, 3.05) is 12.4 Å². The van der Waals surface area contributed by atoms with Crippen molar-refractivity contribution >= 4 is 28.2 Å². The fourth-order valence-electron chi connectivity index (χ4n) is 2.03. The lowest BCUT2D eigenvalue weighted by molar-refractivity contribution is -0.117. The van der Waals surface area contributed by atoms with Crippen LogP contribution in [0, 0.1) is 6.92 Å². The lowest BCUT2D eigenvalue weighted by atomic mass is 10.3. The number of halogens is 4. The summed E-state index contributed by atoms with van der Waals surface area (Å²) >= 11 is 1.09. The van der Waals surface area contributed by atoms with Crippen molar-refractivity contribution in [2.24, 2.45) is 0 Å². The number of thiophene rings is 1. The van der Waals surface area contributed by atoms with Crippen LogP contribution in [0.1, 0.15) is 39.5 Å². The number of nitrogens with one attached hydrogen (secondary N) is 1. The van der Waals surface area contributed by atoms with Gasteiger partial charge in [-0.1, -0.05) is 0 Å². The molecular formula is C14H13F4N3O3S. The monoisotopic (exact) mass is 379 g/mol. The van der Waals surface area contributed by atoms with E-state index in [2.05, 4.69) is 15.2 Å². The Morgan fingerprint density at radius 3 is 2.52 bits per heavy atom. The van der Waals surface area contributed by atoms with Gasteiger partial charge >= 0.3 is 5.97 Å². The summed E-state index contributed by atoms with van der Waals surface area (Å²) in [6.07, 6.45) is -6.10. The van der Waals surface area contributed by atoms with Crippen LogP contribution in [0.5, 0.6) is 0 Å². The fraction of sp³-hybridized carbons (Fsp3) is 0.357. The molecule has 0 aromatic carbocycles. The van der Waals surface area contributed by atoms with Crippen LogP contribution < -0.4 is 5.32 Å². The number of hydrogen-bond acceptors (Lipinski definition) is 5. The van der Waals surface area contributed by atoms with Crippen molar-refractivity contribution < 1.29 is 31.9 Å². The molecule has 136 valence electrons. The van der Waals surface area contributed by atoms with Crippen molar-refractivity contribution in [2.45, 2.75) is 26.3 Å². The van der Waals surface area contributed by atoms with E-state index in [1.807, 2.05) is 0 Å². The zero-order valence-corrected chi connectivity index (χ0v) is 13.9. The van der Waals surface area contributed by atoms with Gasteiger partial charge in [0.2, 0.25) is 5.91 Å². The third-order valence-electron chi connectivity index (χ3n) is 3.08. The highest BCUT2D eigenvalue weighted by Crippen LogP contribution is 2.29. The molecule has 0 aliphatic heterocycles. The molecule has 0 spiro atoms. The minimum Gasteiger partial charge on any atom is -0.465 e. The van der Waals surface area contributed by atoms with Crippen molar-refractivity contribution in [1.29, 1.82) is 0 Å². The van der Waals surface area contributed by atoms with Crippen LogP contribution in [0.3, 0.4) is 0 Å². The molecular weight excluding hydrogens is 366 g/mol. The summed E-state index contributed by atoms with van der Waals surface area (Å²) in [5, 5.41) is 5.89. The van der Waals surface area contributed by atoms with E-state index in [1.54, 1.807) is 6.92 Å². The first-order valence-electron chi connectivity index (χ1n) is 6.85. The summed E-state index contributed by atoms with van der Waals surface area (Å²) in [6, 6.07) is 2.05. The van der Waals surface area contributed by atoms with Crippen molar-refractivity contribution in [1.82, 2.24) is 9.78 Å². The number of aryl methyl sites for hydroxylation is 1. The summed E-state index contributed by atoms with van der Waals surface area (Å²) in [7, 11) is 1.17. The average Bonchev–Trinajstić information content (AvgIpc) is 3.10. The van der Waals surface area contributed by atoms with Gasteiger partial charge in [-0.2, -0.15) is 5.10 Å². The molecule has 0 radical (unpaired) electrons. The molecule has 0 bridgehead atoms. The SMILES string of the molecule is COC(=O)c1cc(C)sc1NC(=O)Cn1nc(C(F)F)cc1C(F)F. The van der Waals surface area contributed by atoms with Gasteiger partial charge in [-0.25, -0.2) is 22.4 Å². The Hall–Kier alpha value is -2.43. The molecule has 2 heterocycles. The van der Waals surface area contributed by atoms with Gasteiger partial charge in [-0.15, -0.1) is 11.3 Å². The zero-order chi connectivity index (χ0) is 18.7. The second-order valence-electron chi connectivity index (χ2n) is 4.89. The Kier molecular flexibility index (Phi) is 5.77. The molecule has 2 aromatic rings. The molecule has 11 heteroatoms. The smallest absolute Gasteiger partial charge is 0.340 e. The minimum atomic E-state index is -3.07. The number of anilines is 1. The van der Waals surface area contributed by atoms with E-state index in [-0.39, 0.29) is 10.6 Å². The number of nitrogens with zero attached hydrogens (tertiary/aromatic N) is 2. The number of rotatable bonds is 6. The number of ether oxygens (including phenoxy) is 1. The van der Waals surface area contributed by atoms with Crippen LogP contribution in [0.15, 0.2) is 12.1 Å². The second kappa shape index (κ2) is 7.64. The van der Waals surface area contributed by atoms with Crippen molar-refractivity contribution in [3.63, 3.8) is 0 Å². The molecule has 0 aliphatic carbocycles. The van der Waals surface area contributed by atoms with E-state index >= 15 is 0 Å². The van der Waals surface area contributed by atoms with E-state index in [1.165, 1.54) is 13.2 Å². The van der Waals surface area contributed by atoms with Gasteiger partial charge < -0.3 is 10.1 Å². The molecule has 0 atom stereocenters. The number of hydrogen-bond donors (Lipinski definition) is 1. The summed E-state index contributed by atoms with van der Waals surface area (Å²) < 4.78 is 56.1. The third kappa shape index (κ3) is 4.35. The van der Waals surface area contributed by atoms with Crippen molar-refractivity contribution in [3.8, 4) is 0 Å². The number of esters is 1.